The van der Waals surface area contributed by atoms with E-state index in [1.165, 1.54) is 0 Å². The number of esters is 1. The predicted molar refractivity (Wildman–Crippen MR) is 79.4 cm³/mol. The SMILES string of the molecule is CCOC(=O)C(Cc1ccc(Br)cc1)(C(=O)O)C(C)C. The molecule has 0 radical (unpaired) electrons. The summed E-state index contributed by atoms with van der Waals surface area (Å²) in [4.78, 5) is 23.9. The Hall–Kier alpha value is -1.36. The molecule has 0 aromatic heterocycles. The molecule has 0 fully saturated rings. The van der Waals surface area contributed by atoms with Crippen LogP contribution in [0.3, 0.4) is 0 Å². The fourth-order valence-corrected chi connectivity index (χ4v) is 2.37. The molecule has 1 N–H and O–H groups in total. The third-order valence-electron chi connectivity index (χ3n) is 3.40. The van der Waals surface area contributed by atoms with Crippen LogP contribution in [0.4, 0.5) is 0 Å². The number of ether oxygens (including phenoxy) is 1. The Morgan fingerprint density at radius 2 is 1.85 bits per heavy atom. The van der Waals surface area contributed by atoms with Gasteiger partial charge >= 0.3 is 11.9 Å². The Kier molecular flexibility index (Phi) is 5.74. The third kappa shape index (κ3) is 3.39. The lowest BCUT2D eigenvalue weighted by Crippen LogP contribution is -2.46. The minimum atomic E-state index is -1.55. The third-order valence-corrected chi connectivity index (χ3v) is 3.93. The van der Waals surface area contributed by atoms with Gasteiger partial charge in [-0.05, 0) is 37.0 Å². The van der Waals surface area contributed by atoms with Crippen LogP contribution in [0.5, 0.6) is 0 Å². The zero-order chi connectivity index (χ0) is 15.3. The summed E-state index contributed by atoms with van der Waals surface area (Å²) in [6, 6.07) is 7.27. The van der Waals surface area contributed by atoms with Crippen molar-refractivity contribution >= 4 is 27.9 Å². The molecule has 1 atom stereocenters. The lowest BCUT2D eigenvalue weighted by molar-refractivity contribution is -0.172. The molecule has 0 amide bonds. The molecule has 5 heteroatoms. The topological polar surface area (TPSA) is 63.6 Å². The maximum Gasteiger partial charge on any atom is 0.324 e. The van der Waals surface area contributed by atoms with E-state index in [1.54, 1.807) is 20.8 Å². The Morgan fingerprint density at radius 1 is 1.30 bits per heavy atom. The van der Waals surface area contributed by atoms with Crippen LogP contribution in [0.2, 0.25) is 0 Å². The first-order chi connectivity index (χ1) is 9.34. The van der Waals surface area contributed by atoms with Crippen LogP contribution in [0, 0.1) is 11.3 Å². The average Bonchev–Trinajstić information content (AvgIpc) is 2.37. The van der Waals surface area contributed by atoms with Crippen LogP contribution in [0.1, 0.15) is 26.3 Å². The highest BCUT2D eigenvalue weighted by Gasteiger charge is 2.50. The first-order valence-corrected chi connectivity index (χ1v) is 7.29. The van der Waals surface area contributed by atoms with E-state index >= 15 is 0 Å². The quantitative estimate of drug-likeness (QED) is 0.636. The number of carbonyl (C=O) groups is 2. The molecule has 0 aliphatic carbocycles. The van der Waals surface area contributed by atoms with E-state index < -0.39 is 17.4 Å². The number of rotatable bonds is 6. The van der Waals surface area contributed by atoms with Gasteiger partial charge in [0.05, 0.1) is 6.61 Å². The number of halogens is 1. The molecule has 0 saturated carbocycles. The van der Waals surface area contributed by atoms with Crippen LogP contribution in [-0.2, 0) is 20.7 Å². The maximum atomic E-state index is 12.2. The fraction of sp³-hybridized carbons (Fsp3) is 0.467. The molecular weight excluding hydrogens is 324 g/mol. The molecule has 1 aromatic rings. The average molecular weight is 343 g/mol. The van der Waals surface area contributed by atoms with Gasteiger partial charge in [-0.3, -0.25) is 9.59 Å². The maximum absolute atomic E-state index is 12.2. The molecule has 1 unspecified atom stereocenters. The van der Waals surface area contributed by atoms with Crippen LogP contribution in [0.15, 0.2) is 28.7 Å². The van der Waals surface area contributed by atoms with E-state index in [0.717, 1.165) is 10.0 Å². The smallest absolute Gasteiger partial charge is 0.324 e. The van der Waals surface area contributed by atoms with E-state index in [2.05, 4.69) is 15.9 Å². The minimum absolute atomic E-state index is 0.117. The van der Waals surface area contributed by atoms with Crippen LogP contribution < -0.4 is 0 Å². The number of hydrogen-bond donors (Lipinski definition) is 1. The Labute approximate surface area is 127 Å². The molecule has 0 aliphatic rings. The number of carboxylic acid groups (broad SMARTS) is 1. The summed E-state index contributed by atoms with van der Waals surface area (Å²) in [6.45, 7) is 5.29. The molecule has 0 spiro atoms. The Bertz CT molecular complexity index is 481. The molecule has 4 nitrogen and oxygen atoms in total. The predicted octanol–water partition coefficient (Wildman–Crippen LogP) is 3.28. The molecular formula is C15H19BrO4. The summed E-state index contributed by atoms with van der Waals surface area (Å²) in [5.41, 5.74) is -0.763. The van der Waals surface area contributed by atoms with Crippen LogP contribution in [-0.4, -0.2) is 23.7 Å². The van der Waals surface area contributed by atoms with Gasteiger partial charge in [0, 0.05) is 4.47 Å². The lowest BCUT2D eigenvalue weighted by atomic mass is 9.72. The summed E-state index contributed by atoms with van der Waals surface area (Å²) < 4.78 is 5.90. The van der Waals surface area contributed by atoms with Crippen molar-refractivity contribution in [2.24, 2.45) is 11.3 Å². The first-order valence-electron chi connectivity index (χ1n) is 6.49. The van der Waals surface area contributed by atoms with Gasteiger partial charge in [-0.15, -0.1) is 0 Å². The number of aliphatic carboxylic acids is 1. The highest BCUT2D eigenvalue weighted by Crippen LogP contribution is 2.34. The summed E-state index contributed by atoms with van der Waals surface area (Å²) >= 11 is 3.33. The van der Waals surface area contributed by atoms with Gasteiger partial charge in [-0.1, -0.05) is 41.9 Å². The van der Waals surface area contributed by atoms with Gasteiger partial charge < -0.3 is 9.84 Å². The molecule has 110 valence electrons. The molecule has 0 aliphatic heterocycles. The van der Waals surface area contributed by atoms with Crippen LogP contribution >= 0.6 is 15.9 Å². The van der Waals surface area contributed by atoms with Crippen molar-refractivity contribution in [3.63, 3.8) is 0 Å². The molecule has 20 heavy (non-hydrogen) atoms. The van der Waals surface area contributed by atoms with Gasteiger partial charge in [0.15, 0.2) is 5.41 Å². The van der Waals surface area contributed by atoms with E-state index in [4.69, 9.17) is 4.74 Å². The number of carbonyl (C=O) groups excluding carboxylic acids is 1. The van der Waals surface area contributed by atoms with Crippen molar-refractivity contribution < 1.29 is 19.4 Å². The van der Waals surface area contributed by atoms with E-state index in [1.807, 2.05) is 24.3 Å². The Balaban J connectivity index is 3.19. The zero-order valence-electron chi connectivity index (χ0n) is 11.9. The first kappa shape index (κ1) is 16.7. The Morgan fingerprint density at radius 3 is 2.25 bits per heavy atom. The van der Waals surface area contributed by atoms with E-state index in [9.17, 15) is 14.7 Å². The summed E-state index contributed by atoms with van der Waals surface area (Å²) in [5, 5.41) is 9.60. The van der Waals surface area contributed by atoms with Crippen molar-refractivity contribution in [2.45, 2.75) is 27.2 Å². The molecule has 1 aromatic carbocycles. The van der Waals surface area contributed by atoms with Crippen molar-refractivity contribution in [1.82, 2.24) is 0 Å². The normalized spacial score (nSPS) is 13.8. The van der Waals surface area contributed by atoms with Gasteiger partial charge in [-0.2, -0.15) is 0 Å². The fourth-order valence-electron chi connectivity index (χ4n) is 2.11. The molecule has 0 bridgehead atoms. The second-order valence-electron chi connectivity index (χ2n) is 4.95. The largest absolute Gasteiger partial charge is 0.480 e. The number of carboxylic acids is 1. The van der Waals surface area contributed by atoms with Gasteiger partial charge in [-0.25, -0.2) is 0 Å². The second kappa shape index (κ2) is 6.88. The zero-order valence-corrected chi connectivity index (χ0v) is 13.4. The molecule has 0 saturated heterocycles. The van der Waals surface area contributed by atoms with Crippen molar-refractivity contribution in [3.05, 3.63) is 34.3 Å². The van der Waals surface area contributed by atoms with Crippen LogP contribution in [0.25, 0.3) is 0 Å². The highest BCUT2D eigenvalue weighted by molar-refractivity contribution is 9.10. The summed E-state index contributed by atoms with van der Waals surface area (Å²) in [7, 11) is 0. The minimum Gasteiger partial charge on any atom is -0.480 e. The highest BCUT2D eigenvalue weighted by atomic mass is 79.9. The number of benzene rings is 1. The lowest BCUT2D eigenvalue weighted by Gasteiger charge is -2.31. The second-order valence-corrected chi connectivity index (χ2v) is 5.87. The molecule has 0 heterocycles. The summed E-state index contributed by atoms with van der Waals surface area (Å²) in [5.74, 6) is -2.19. The van der Waals surface area contributed by atoms with Crippen molar-refractivity contribution in [2.75, 3.05) is 6.61 Å². The van der Waals surface area contributed by atoms with Crippen molar-refractivity contribution in [3.8, 4) is 0 Å². The van der Waals surface area contributed by atoms with Gasteiger partial charge in [0.2, 0.25) is 0 Å². The number of hydrogen-bond acceptors (Lipinski definition) is 3. The van der Waals surface area contributed by atoms with E-state index in [0.29, 0.717) is 0 Å². The standard InChI is InChI=1S/C15H19BrO4/c1-4-20-14(19)15(10(2)3,13(17)18)9-11-5-7-12(16)8-6-11/h5-8,10H,4,9H2,1-3H3,(H,17,18). The monoisotopic (exact) mass is 342 g/mol. The van der Waals surface area contributed by atoms with E-state index in [-0.39, 0.29) is 18.9 Å². The molecule has 1 rings (SSSR count). The van der Waals surface area contributed by atoms with Gasteiger partial charge in [0.1, 0.15) is 0 Å². The summed E-state index contributed by atoms with van der Waals surface area (Å²) in [6.07, 6.45) is 0.117. The van der Waals surface area contributed by atoms with Gasteiger partial charge in [0.25, 0.3) is 0 Å². The van der Waals surface area contributed by atoms with Crippen molar-refractivity contribution in [1.29, 1.82) is 0 Å².